The molecule has 1 saturated carbocycles. The van der Waals surface area contributed by atoms with Crippen molar-refractivity contribution >= 4 is 10.0 Å². The Morgan fingerprint density at radius 1 is 1.24 bits per heavy atom. The van der Waals surface area contributed by atoms with Gasteiger partial charge in [-0.25, -0.2) is 13.1 Å². The smallest absolute Gasteiger partial charge is 0.240 e. The van der Waals surface area contributed by atoms with Crippen molar-refractivity contribution in [2.24, 2.45) is 0 Å². The number of rotatable bonds is 4. The van der Waals surface area contributed by atoms with Gasteiger partial charge in [0.15, 0.2) is 0 Å². The first-order chi connectivity index (χ1) is 10.1. The number of hydrogen-bond donors (Lipinski definition) is 2. The molecule has 4 nitrogen and oxygen atoms in total. The zero-order chi connectivity index (χ0) is 15.1. The van der Waals surface area contributed by atoms with Crippen LogP contribution in [0.25, 0.3) is 0 Å². The molecular formula is C16H22N2O2S. The zero-order valence-corrected chi connectivity index (χ0v) is 13.2. The third-order valence-electron chi connectivity index (χ3n) is 3.57. The molecule has 2 N–H and O–H groups in total. The topological polar surface area (TPSA) is 58.2 Å². The normalized spacial score (nSPS) is 16.2. The lowest BCUT2D eigenvalue weighted by molar-refractivity contribution is 0.412. The van der Waals surface area contributed by atoms with Gasteiger partial charge in [-0.3, -0.25) is 0 Å². The third-order valence-corrected chi connectivity index (χ3v) is 5.09. The predicted octanol–water partition coefficient (Wildman–Crippen LogP) is 1.87. The molecule has 0 aliphatic heterocycles. The molecule has 1 aliphatic carbocycles. The molecule has 114 valence electrons. The largest absolute Gasteiger partial charge is 0.309 e. The Balaban J connectivity index is 2.12. The molecule has 0 bridgehead atoms. The van der Waals surface area contributed by atoms with Crippen LogP contribution in [0.5, 0.6) is 0 Å². The van der Waals surface area contributed by atoms with Crippen LogP contribution in [0.15, 0.2) is 29.2 Å². The Morgan fingerprint density at radius 2 is 2.00 bits per heavy atom. The van der Waals surface area contributed by atoms with E-state index in [0.717, 1.165) is 31.2 Å². The van der Waals surface area contributed by atoms with Crippen molar-refractivity contribution in [3.63, 3.8) is 0 Å². The van der Waals surface area contributed by atoms with Crippen molar-refractivity contribution in [3.05, 3.63) is 29.8 Å². The van der Waals surface area contributed by atoms with Gasteiger partial charge in [-0.2, -0.15) is 0 Å². The van der Waals surface area contributed by atoms with Crippen LogP contribution in [0, 0.1) is 11.8 Å². The van der Waals surface area contributed by atoms with Gasteiger partial charge >= 0.3 is 0 Å². The fourth-order valence-corrected chi connectivity index (χ4v) is 3.83. The second-order valence-corrected chi connectivity index (χ2v) is 7.03. The first kappa shape index (κ1) is 16.0. The van der Waals surface area contributed by atoms with E-state index < -0.39 is 10.0 Å². The number of benzene rings is 1. The van der Waals surface area contributed by atoms with Crippen molar-refractivity contribution in [2.45, 2.75) is 43.0 Å². The molecule has 0 heterocycles. The van der Waals surface area contributed by atoms with E-state index in [4.69, 9.17) is 0 Å². The van der Waals surface area contributed by atoms with Crippen LogP contribution in [-0.4, -0.2) is 28.1 Å². The van der Waals surface area contributed by atoms with Gasteiger partial charge in [0.1, 0.15) is 0 Å². The van der Waals surface area contributed by atoms with Crippen LogP contribution < -0.4 is 10.0 Å². The van der Waals surface area contributed by atoms with Gasteiger partial charge in [-0.1, -0.05) is 37.2 Å². The van der Waals surface area contributed by atoms with E-state index in [0.29, 0.717) is 11.4 Å². The first-order valence-electron chi connectivity index (χ1n) is 7.38. The van der Waals surface area contributed by atoms with Gasteiger partial charge in [0, 0.05) is 11.6 Å². The Bertz CT molecular complexity index is 623. The van der Waals surface area contributed by atoms with E-state index >= 15 is 0 Å². The van der Waals surface area contributed by atoms with Crippen LogP contribution in [-0.2, 0) is 10.0 Å². The minimum absolute atomic E-state index is 0.0720. The van der Waals surface area contributed by atoms with Crippen molar-refractivity contribution < 1.29 is 8.42 Å². The summed E-state index contributed by atoms with van der Waals surface area (Å²) >= 11 is 0. The van der Waals surface area contributed by atoms with Crippen LogP contribution in [0.3, 0.4) is 0 Å². The average Bonchev–Trinajstić information content (AvgIpc) is 2.48. The fraction of sp³-hybridized carbons (Fsp3) is 0.500. The predicted molar refractivity (Wildman–Crippen MR) is 84.4 cm³/mol. The monoisotopic (exact) mass is 306 g/mol. The quantitative estimate of drug-likeness (QED) is 0.835. The maximum absolute atomic E-state index is 12.4. The van der Waals surface area contributed by atoms with Crippen molar-refractivity contribution in [2.75, 3.05) is 13.6 Å². The van der Waals surface area contributed by atoms with Gasteiger partial charge < -0.3 is 5.32 Å². The molecule has 1 aliphatic rings. The van der Waals surface area contributed by atoms with Crippen LogP contribution in [0.2, 0.25) is 0 Å². The fourth-order valence-electron chi connectivity index (χ4n) is 2.48. The van der Waals surface area contributed by atoms with E-state index in [-0.39, 0.29) is 6.04 Å². The Labute approximate surface area is 127 Å². The summed E-state index contributed by atoms with van der Waals surface area (Å²) in [4.78, 5) is 0.296. The van der Waals surface area contributed by atoms with Crippen molar-refractivity contribution in [1.82, 2.24) is 10.0 Å². The summed E-state index contributed by atoms with van der Waals surface area (Å²) in [5.74, 6) is 5.89. The molecule has 0 aromatic heterocycles. The number of hydrogen-bond acceptors (Lipinski definition) is 3. The van der Waals surface area contributed by atoms with Crippen molar-refractivity contribution in [1.29, 1.82) is 0 Å². The van der Waals surface area contributed by atoms with Gasteiger partial charge in [0.2, 0.25) is 10.0 Å². The second kappa shape index (κ2) is 7.60. The molecule has 5 heteroatoms. The molecule has 21 heavy (non-hydrogen) atoms. The molecule has 0 unspecified atom stereocenters. The SMILES string of the molecule is CNCC#Cc1cccc(S(=O)(=O)NC2CCCCC2)c1. The Kier molecular flexibility index (Phi) is 5.80. The minimum Gasteiger partial charge on any atom is -0.309 e. The number of nitrogens with one attached hydrogen (secondary N) is 2. The highest BCUT2D eigenvalue weighted by Gasteiger charge is 2.21. The Morgan fingerprint density at radius 3 is 2.71 bits per heavy atom. The van der Waals surface area contributed by atoms with E-state index in [1.165, 1.54) is 6.42 Å². The minimum atomic E-state index is -3.45. The molecule has 0 radical (unpaired) electrons. The summed E-state index contributed by atoms with van der Waals surface area (Å²) in [5.41, 5.74) is 0.719. The van der Waals surface area contributed by atoms with Gasteiger partial charge in [0.05, 0.1) is 11.4 Å². The highest BCUT2D eigenvalue weighted by atomic mass is 32.2. The van der Waals surface area contributed by atoms with Gasteiger partial charge in [-0.15, -0.1) is 0 Å². The zero-order valence-electron chi connectivity index (χ0n) is 12.4. The van der Waals surface area contributed by atoms with E-state index in [1.54, 1.807) is 18.2 Å². The molecular weight excluding hydrogens is 284 g/mol. The van der Waals surface area contributed by atoms with Crippen LogP contribution in [0.4, 0.5) is 0 Å². The van der Waals surface area contributed by atoms with E-state index in [9.17, 15) is 8.42 Å². The van der Waals surface area contributed by atoms with Crippen LogP contribution >= 0.6 is 0 Å². The average molecular weight is 306 g/mol. The summed E-state index contributed by atoms with van der Waals surface area (Å²) in [5, 5.41) is 2.93. The lowest BCUT2D eigenvalue weighted by Crippen LogP contribution is -2.36. The molecule has 2 rings (SSSR count). The van der Waals surface area contributed by atoms with Crippen molar-refractivity contribution in [3.8, 4) is 11.8 Å². The second-order valence-electron chi connectivity index (χ2n) is 5.32. The molecule has 1 aromatic carbocycles. The maximum atomic E-state index is 12.4. The first-order valence-corrected chi connectivity index (χ1v) is 8.86. The lowest BCUT2D eigenvalue weighted by Gasteiger charge is -2.22. The standard InChI is InChI=1S/C16H22N2O2S/c1-17-12-6-8-14-7-5-11-16(13-14)21(19,20)18-15-9-3-2-4-10-15/h5,7,11,13,15,17-18H,2-4,9-10,12H2,1H3. The number of sulfonamides is 1. The van der Waals surface area contributed by atoms with E-state index in [1.807, 2.05) is 13.1 Å². The van der Waals surface area contributed by atoms with E-state index in [2.05, 4.69) is 21.9 Å². The third kappa shape index (κ3) is 4.85. The summed E-state index contributed by atoms with van der Waals surface area (Å²) in [6.45, 7) is 0.581. The molecule has 0 saturated heterocycles. The summed E-state index contributed by atoms with van der Waals surface area (Å²) in [7, 11) is -1.62. The molecule has 0 spiro atoms. The highest BCUT2D eigenvalue weighted by Crippen LogP contribution is 2.20. The molecule has 0 atom stereocenters. The highest BCUT2D eigenvalue weighted by molar-refractivity contribution is 7.89. The summed E-state index contributed by atoms with van der Waals surface area (Å²) < 4.78 is 27.6. The van der Waals surface area contributed by atoms with Gasteiger partial charge in [0.25, 0.3) is 0 Å². The van der Waals surface area contributed by atoms with Gasteiger partial charge in [-0.05, 0) is 38.1 Å². The Hall–Kier alpha value is -1.35. The molecule has 1 fully saturated rings. The lowest BCUT2D eigenvalue weighted by atomic mass is 9.96. The molecule has 1 aromatic rings. The summed E-state index contributed by atoms with van der Waals surface area (Å²) in [6.07, 6.45) is 5.27. The van der Waals surface area contributed by atoms with Crippen LogP contribution in [0.1, 0.15) is 37.7 Å². The summed E-state index contributed by atoms with van der Waals surface area (Å²) in [6, 6.07) is 6.88. The molecule has 0 amide bonds. The maximum Gasteiger partial charge on any atom is 0.240 e.